The van der Waals surface area contributed by atoms with E-state index in [1.807, 2.05) is 51.1 Å². The molecule has 2 atom stereocenters. The number of aryl methyl sites for hydroxylation is 3. The quantitative estimate of drug-likeness (QED) is 0.729. The summed E-state index contributed by atoms with van der Waals surface area (Å²) < 4.78 is 27.9. The number of nitrogens with one attached hydrogen (secondary N) is 1. The van der Waals surface area contributed by atoms with E-state index in [9.17, 15) is 13.2 Å². The zero-order valence-corrected chi connectivity index (χ0v) is 18.9. The summed E-state index contributed by atoms with van der Waals surface area (Å²) in [5, 5.41) is 3.09. The van der Waals surface area contributed by atoms with Crippen molar-refractivity contribution in [3.63, 3.8) is 0 Å². The monoisotopic (exact) mass is 428 g/mol. The van der Waals surface area contributed by atoms with Crippen molar-refractivity contribution in [2.24, 2.45) is 5.92 Å². The number of carbonyl (C=O) groups is 1. The van der Waals surface area contributed by atoms with E-state index in [2.05, 4.69) is 17.4 Å². The highest BCUT2D eigenvalue weighted by molar-refractivity contribution is 7.89. The molecule has 0 radical (unpaired) electrons. The molecule has 162 valence electrons. The maximum absolute atomic E-state index is 13.2. The predicted molar refractivity (Wildman–Crippen MR) is 120 cm³/mol. The summed E-state index contributed by atoms with van der Waals surface area (Å²) in [5.74, 6) is -0.353. The summed E-state index contributed by atoms with van der Waals surface area (Å²) in [4.78, 5) is 13.2. The van der Waals surface area contributed by atoms with Crippen LogP contribution in [0.4, 0.5) is 0 Å². The molecule has 0 unspecified atom stereocenters. The van der Waals surface area contributed by atoms with Gasteiger partial charge in [0.1, 0.15) is 0 Å². The molecule has 1 aliphatic rings. The molecule has 1 fully saturated rings. The molecule has 2 aromatic carbocycles. The Morgan fingerprint density at radius 2 is 1.90 bits per heavy atom. The third-order valence-electron chi connectivity index (χ3n) is 5.81. The van der Waals surface area contributed by atoms with Crippen LogP contribution in [0.5, 0.6) is 0 Å². The molecule has 6 heteroatoms. The predicted octanol–water partition coefficient (Wildman–Crippen LogP) is 3.84. The fourth-order valence-corrected chi connectivity index (χ4v) is 5.79. The van der Waals surface area contributed by atoms with Crippen molar-refractivity contribution in [2.75, 3.05) is 13.1 Å². The lowest BCUT2D eigenvalue weighted by molar-refractivity contribution is -0.126. The fourth-order valence-electron chi connectivity index (χ4n) is 3.96. The van der Waals surface area contributed by atoms with Crippen LogP contribution in [0.15, 0.2) is 53.4 Å². The molecule has 30 heavy (non-hydrogen) atoms. The highest BCUT2D eigenvalue weighted by atomic mass is 32.2. The lowest BCUT2D eigenvalue weighted by Gasteiger charge is -2.32. The summed E-state index contributed by atoms with van der Waals surface area (Å²) in [5.41, 5.74) is 2.90. The van der Waals surface area contributed by atoms with Crippen LogP contribution in [0.1, 0.15) is 42.9 Å². The standard InChI is InChI=1S/C24H32N2O3S/c1-18-11-12-19(2)23(16-18)30(28,29)26-15-7-10-22(17-26)24(27)25-20(3)13-14-21-8-5-4-6-9-21/h4-6,8-9,11-12,16,20,22H,7,10,13-15,17H2,1-3H3,(H,25,27)/t20-,22+/m0/s1. The molecule has 1 saturated heterocycles. The van der Waals surface area contributed by atoms with Gasteiger partial charge >= 0.3 is 0 Å². The summed E-state index contributed by atoms with van der Waals surface area (Å²) in [6, 6.07) is 15.7. The van der Waals surface area contributed by atoms with Crippen LogP contribution < -0.4 is 5.32 Å². The first-order valence-electron chi connectivity index (χ1n) is 10.7. The van der Waals surface area contributed by atoms with Gasteiger partial charge in [-0.1, -0.05) is 42.5 Å². The molecular weight excluding hydrogens is 396 g/mol. The zero-order chi connectivity index (χ0) is 21.7. The molecule has 5 nitrogen and oxygen atoms in total. The largest absolute Gasteiger partial charge is 0.353 e. The van der Waals surface area contributed by atoms with E-state index in [0.717, 1.165) is 30.4 Å². The van der Waals surface area contributed by atoms with Gasteiger partial charge in [-0.2, -0.15) is 4.31 Å². The Morgan fingerprint density at radius 1 is 1.17 bits per heavy atom. The van der Waals surface area contributed by atoms with Gasteiger partial charge in [0.2, 0.25) is 15.9 Å². The highest BCUT2D eigenvalue weighted by Gasteiger charge is 2.34. The number of amides is 1. The van der Waals surface area contributed by atoms with Crippen molar-refractivity contribution in [1.82, 2.24) is 9.62 Å². The Kier molecular flexibility index (Phi) is 7.32. The first kappa shape index (κ1) is 22.5. The van der Waals surface area contributed by atoms with Gasteiger partial charge in [0.25, 0.3) is 0 Å². The van der Waals surface area contributed by atoms with Gasteiger partial charge in [-0.25, -0.2) is 8.42 Å². The first-order chi connectivity index (χ1) is 14.3. The molecule has 1 amide bonds. The minimum atomic E-state index is -3.60. The lowest BCUT2D eigenvalue weighted by atomic mass is 9.98. The summed E-state index contributed by atoms with van der Waals surface area (Å²) >= 11 is 0. The summed E-state index contributed by atoms with van der Waals surface area (Å²) in [6.45, 7) is 6.42. The van der Waals surface area contributed by atoms with E-state index in [1.165, 1.54) is 9.87 Å². The van der Waals surface area contributed by atoms with E-state index in [4.69, 9.17) is 0 Å². The summed E-state index contributed by atoms with van der Waals surface area (Å²) in [7, 11) is -3.60. The van der Waals surface area contributed by atoms with E-state index in [0.29, 0.717) is 17.9 Å². The Morgan fingerprint density at radius 3 is 2.63 bits per heavy atom. The molecule has 0 aromatic heterocycles. The molecule has 0 bridgehead atoms. The Bertz CT molecular complexity index is 973. The molecular formula is C24H32N2O3S. The minimum absolute atomic E-state index is 0.0450. The number of piperidine rings is 1. The third-order valence-corrected chi connectivity index (χ3v) is 7.82. The number of rotatable bonds is 7. The normalized spacial score (nSPS) is 18.7. The van der Waals surface area contributed by atoms with Crippen molar-refractivity contribution in [1.29, 1.82) is 0 Å². The van der Waals surface area contributed by atoms with Gasteiger partial charge in [-0.3, -0.25) is 4.79 Å². The van der Waals surface area contributed by atoms with E-state index in [1.54, 1.807) is 6.07 Å². The molecule has 1 heterocycles. The van der Waals surface area contributed by atoms with Crippen molar-refractivity contribution < 1.29 is 13.2 Å². The minimum Gasteiger partial charge on any atom is -0.353 e. The van der Waals surface area contributed by atoms with Gasteiger partial charge in [0, 0.05) is 19.1 Å². The van der Waals surface area contributed by atoms with Crippen LogP contribution in [0.3, 0.4) is 0 Å². The van der Waals surface area contributed by atoms with Crippen LogP contribution in [0.2, 0.25) is 0 Å². The van der Waals surface area contributed by atoms with E-state index >= 15 is 0 Å². The second kappa shape index (κ2) is 9.75. The van der Waals surface area contributed by atoms with Crippen LogP contribution in [-0.2, 0) is 21.2 Å². The Labute approximate surface area is 180 Å². The second-order valence-electron chi connectivity index (χ2n) is 8.41. The van der Waals surface area contributed by atoms with Crippen molar-refractivity contribution in [2.45, 2.75) is 57.4 Å². The number of sulfonamides is 1. The fraction of sp³-hybridized carbons (Fsp3) is 0.458. The highest BCUT2D eigenvalue weighted by Crippen LogP contribution is 2.26. The van der Waals surface area contributed by atoms with E-state index in [-0.39, 0.29) is 24.4 Å². The van der Waals surface area contributed by atoms with Crippen LogP contribution in [0, 0.1) is 19.8 Å². The maximum atomic E-state index is 13.2. The summed E-state index contributed by atoms with van der Waals surface area (Å²) in [6.07, 6.45) is 3.17. The van der Waals surface area contributed by atoms with E-state index < -0.39 is 10.0 Å². The molecule has 2 aromatic rings. The van der Waals surface area contributed by atoms with Gasteiger partial charge < -0.3 is 5.32 Å². The third kappa shape index (κ3) is 5.49. The number of carbonyl (C=O) groups excluding carboxylic acids is 1. The van der Waals surface area contributed by atoms with Gasteiger partial charge in [-0.15, -0.1) is 0 Å². The topological polar surface area (TPSA) is 66.5 Å². The van der Waals surface area contributed by atoms with Gasteiger partial charge in [0.15, 0.2) is 0 Å². The van der Waals surface area contributed by atoms with Gasteiger partial charge in [0.05, 0.1) is 10.8 Å². The number of hydrogen-bond donors (Lipinski definition) is 1. The van der Waals surface area contributed by atoms with Gasteiger partial charge in [-0.05, 0) is 69.2 Å². The molecule has 3 rings (SSSR count). The average molecular weight is 429 g/mol. The number of hydrogen-bond acceptors (Lipinski definition) is 3. The zero-order valence-electron chi connectivity index (χ0n) is 18.1. The van der Waals surface area contributed by atoms with Crippen LogP contribution >= 0.6 is 0 Å². The number of benzene rings is 2. The smallest absolute Gasteiger partial charge is 0.243 e. The molecule has 0 saturated carbocycles. The molecule has 0 spiro atoms. The lowest BCUT2D eigenvalue weighted by Crippen LogP contribution is -2.47. The average Bonchev–Trinajstić information content (AvgIpc) is 2.74. The number of nitrogens with zero attached hydrogens (tertiary/aromatic N) is 1. The molecule has 1 N–H and O–H groups in total. The Balaban J connectivity index is 1.61. The van der Waals surface area contributed by atoms with Crippen molar-refractivity contribution >= 4 is 15.9 Å². The Hall–Kier alpha value is -2.18. The van der Waals surface area contributed by atoms with Crippen molar-refractivity contribution in [3.8, 4) is 0 Å². The second-order valence-corrected chi connectivity index (χ2v) is 10.3. The molecule has 0 aliphatic carbocycles. The van der Waals surface area contributed by atoms with Crippen LogP contribution in [-0.4, -0.2) is 37.8 Å². The van der Waals surface area contributed by atoms with Crippen LogP contribution in [0.25, 0.3) is 0 Å². The van der Waals surface area contributed by atoms with Crippen molar-refractivity contribution in [3.05, 3.63) is 65.2 Å². The molecule has 1 aliphatic heterocycles. The first-order valence-corrected chi connectivity index (χ1v) is 12.1. The maximum Gasteiger partial charge on any atom is 0.243 e. The SMILES string of the molecule is Cc1ccc(C)c(S(=O)(=O)N2CCC[C@@H](C(=O)N[C@@H](C)CCc3ccccc3)C2)c1.